The van der Waals surface area contributed by atoms with Gasteiger partial charge in [-0.15, -0.1) is 17.9 Å². The first kappa shape index (κ1) is 11.8. The quantitative estimate of drug-likeness (QED) is 0.627. The number of nitrogens with one attached hydrogen (secondary N) is 2. The summed E-state index contributed by atoms with van der Waals surface area (Å²) in [4.78, 5) is 15.7. The number of anilines is 1. The molecule has 0 atom stereocenters. The molecule has 4 nitrogen and oxygen atoms in total. The third-order valence-corrected chi connectivity index (χ3v) is 2.98. The van der Waals surface area contributed by atoms with E-state index in [1.807, 2.05) is 18.2 Å². The summed E-state index contributed by atoms with van der Waals surface area (Å²) in [5.74, 6) is -0.0595. The second kappa shape index (κ2) is 5.56. The van der Waals surface area contributed by atoms with Crippen LogP contribution < -0.4 is 10.6 Å². The van der Waals surface area contributed by atoms with Crippen LogP contribution in [0.1, 0.15) is 0 Å². The Kier molecular flexibility index (Phi) is 3.85. The van der Waals surface area contributed by atoms with Gasteiger partial charge in [-0.3, -0.25) is 4.79 Å². The highest BCUT2D eigenvalue weighted by molar-refractivity contribution is 7.16. The molecule has 1 aromatic carbocycles. The second-order valence-electron chi connectivity index (χ2n) is 3.50. The van der Waals surface area contributed by atoms with Crippen molar-refractivity contribution in [2.75, 3.05) is 18.4 Å². The van der Waals surface area contributed by atoms with Gasteiger partial charge in [0.2, 0.25) is 5.91 Å². The number of carbonyl (C=O) groups is 1. The van der Waals surface area contributed by atoms with Gasteiger partial charge < -0.3 is 10.6 Å². The summed E-state index contributed by atoms with van der Waals surface area (Å²) in [6.45, 7) is 4.48. The average Bonchev–Trinajstić information content (AvgIpc) is 2.76. The largest absolute Gasteiger partial charge is 0.325 e. The van der Waals surface area contributed by atoms with Crippen LogP contribution in [0.4, 0.5) is 5.69 Å². The van der Waals surface area contributed by atoms with Crippen LogP contribution in [0.3, 0.4) is 0 Å². The molecule has 0 aliphatic carbocycles. The molecule has 0 bridgehead atoms. The zero-order valence-corrected chi connectivity index (χ0v) is 10.1. The molecule has 1 aromatic heterocycles. The highest BCUT2D eigenvalue weighted by atomic mass is 32.1. The Morgan fingerprint density at radius 1 is 1.53 bits per heavy atom. The van der Waals surface area contributed by atoms with Crippen molar-refractivity contribution in [3.8, 4) is 0 Å². The topological polar surface area (TPSA) is 54.0 Å². The number of thiazole rings is 1. The molecule has 0 saturated carbocycles. The van der Waals surface area contributed by atoms with Crippen LogP contribution >= 0.6 is 11.3 Å². The van der Waals surface area contributed by atoms with Crippen LogP contribution in [-0.4, -0.2) is 24.0 Å². The second-order valence-corrected chi connectivity index (χ2v) is 4.39. The molecule has 0 spiro atoms. The number of hydrogen-bond donors (Lipinski definition) is 2. The van der Waals surface area contributed by atoms with E-state index in [1.165, 1.54) is 0 Å². The van der Waals surface area contributed by atoms with Gasteiger partial charge in [-0.2, -0.15) is 0 Å². The van der Waals surface area contributed by atoms with Gasteiger partial charge in [0.05, 0.1) is 22.3 Å². The van der Waals surface area contributed by atoms with Crippen LogP contribution in [0.2, 0.25) is 0 Å². The van der Waals surface area contributed by atoms with Crippen LogP contribution in [0, 0.1) is 0 Å². The predicted molar refractivity (Wildman–Crippen MR) is 71.3 cm³/mol. The Morgan fingerprint density at radius 3 is 3.24 bits per heavy atom. The van der Waals surface area contributed by atoms with Gasteiger partial charge in [0.15, 0.2) is 0 Å². The molecule has 0 radical (unpaired) electrons. The SMILES string of the molecule is C=CCNCC(=O)Nc1ccc2ncsc2c1. The summed E-state index contributed by atoms with van der Waals surface area (Å²) >= 11 is 1.56. The van der Waals surface area contributed by atoms with E-state index in [0.29, 0.717) is 6.54 Å². The Bertz CT molecular complexity index is 535. The molecule has 0 aliphatic heterocycles. The van der Waals surface area contributed by atoms with E-state index in [0.717, 1.165) is 15.9 Å². The molecule has 2 rings (SSSR count). The van der Waals surface area contributed by atoms with Gasteiger partial charge in [0, 0.05) is 12.2 Å². The molecule has 0 aliphatic rings. The van der Waals surface area contributed by atoms with E-state index >= 15 is 0 Å². The lowest BCUT2D eigenvalue weighted by atomic mass is 10.3. The lowest BCUT2D eigenvalue weighted by Gasteiger charge is -2.05. The number of amides is 1. The number of hydrogen-bond acceptors (Lipinski definition) is 4. The van der Waals surface area contributed by atoms with Crippen molar-refractivity contribution in [3.63, 3.8) is 0 Å². The highest BCUT2D eigenvalue weighted by Gasteiger charge is 2.03. The van der Waals surface area contributed by atoms with Gasteiger partial charge in [-0.05, 0) is 18.2 Å². The zero-order chi connectivity index (χ0) is 12.1. The van der Waals surface area contributed by atoms with Gasteiger partial charge in [0.25, 0.3) is 0 Å². The average molecular weight is 247 g/mol. The van der Waals surface area contributed by atoms with Crippen LogP contribution in [0.25, 0.3) is 10.2 Å². The summed E-state index contributed by atoms with van der Waals surface area (Å²) in [6.07, 6.45) is 1.72. The van der Waals surface area contributed by atoms with E-state index in [2.05, 4.69) is 22.2 Å². The molecule has 2 N–H and O–H groups in total. The van der Waals surface area contributed by atoms with Crippen molar-refractivity contribution in [3.05, 3.63) is 36.4 Å². The minimum Gasteiger partial charge on any atom is -0.325 e. The van der Waals surface area contributed by atoms with Gasteiger partial charge in [-0.25, -0.2) is 4.98 Å². The molecule has 0 saturated heterocycles. The van der Waals surface area contributed by atoms with E-state index in [4.69, 9.17) is 0 Å². The van der Waals surface area contributed by atoms with Crippen LogP contribution in [0.15, 0.2) is 36.4 Å². The van der Waals surface area contributed by atoms with Crippen molar-refractivity contribution in [2.45, 2.75) is 0 Å². The minimum absolute atomic E-state index is 0.0595. The Labute approximate surface area is 103 Å². The zero-order valence-electron chi connectivity index (χ0n) is 9.27. The smallest absolute Gasteiger partial charge is 0.238 e. The van der Waals surface area contributed by atoms with Crippen molar-refractivity contribution >= 4 is 33.1 Å². The maximum absolute atomic E-state index is 11.5. The first-order valence-electron chi connectivity index (χ1n) is 5.24. The third-order valence-electron chi connectivity index (χ3n) is 2.19. The molecule has 0 unspecified atom stereocenters. The number of aromatic nitrogens is 1. The number of carbonyl (C=O) groups excluding carboxylic acids is 1. The summed E-state index contributed by atoms with van der Waals surface area (Å²) in [5, 5.41) is 5.77. The number of fused-ring (bicyclic) bond motifs is 1. The minimum atomic E-state index is -0.0595. The fraction of sp³-hybridized carbons (Fsp3) is 0.167. The van der Waals surface area contributed by atoms with E-state index in [9.17, 15) is 4.79 Å². The summed E-state index contributed by atoms with van der Waals surface area (Å²) in [5.41, 5.74) is 3.55. The van der Waals surface area contributed by atoms with Crippen molar-refractivity contribution in [2.24, 2.45) is 0 Å². The monoisotopic (exact) mass is 247 g/mol. The Morgan fingerprint density at radius 2 is 2.41 bits per heavy atom. The molecule has 88 valence electrons. The first-order chi connectivity index (χ1) is 8.29. The first-order valence-corrected chi connectivity index (χ1v) is 6.12. The van der Waals surface area contributed by atoms with Gasteiger partial charge in [-0.1, -0.05) is 6.08 Å². The Hall–Kier alpha value is -1.72. The summed E-state index contributed by atoms with van der Waals surface area (Å²) < 4.78 is 1.07. The number of benzene rings is 1. The van der Waals surface area contributed by atoms with E-state index in [-0.39, 0.29) is 12.5 Å². The van der Waals surface area contributed by atoms with E-state index < -0.39 is 0 Å². The molecule has 2 aromatic rings. The van der Waals surface area contributed by atoms with Crippen LogP contribution in [0.5, 0.6) is 0 Å². The van der Waals surface area contributed by atoms with Crippen LogP contribution in [-0.2, 0) is 4.79 Å². The molecule has 17 heavy (non-hydrogen) atoms. The number of rotatable bonds is 5. The lowest BCUT2D eigenvalue weighted by Crippen LogP contribution is -2.27. The Balaban J connectivity index is 1.97. The number of nitrogens with zero attached hydrogens (tertiary/aromatic N) is 1. The molecule has 1 amide bonds. The summed E-state index contributed by atoms with van der Waals surface area (Å²) in [6, 6.07) is 5.68. The summed E-state index contributed by atoms with van der Waals surface area (Å²) in [7, 11) is 0. The third kappa shape index (κ3) is 3.12. The molecular weight excluding hydrogens is 234 g/mol. The fourth-order valence-corrected chi connectivity index (χ4v) is 2.14. The van der Waals surface area contributed by atoms with Gasteiger partial charge in [0.1, 0.15) is 0 Å². The maximum atomic E-state index is 11.5. The van der Waals surface area contributed by atoms with Crippen molar-refractivity contribution in [1.29, 1.82) is 0 Å². The molecule has 1 heterocycles. The van der Waals surface area contributed by atoms with E-state index in [1.54, 1.807) is 22.9 Å². The van der Waals surface area contributed by atoms with Gasteiger partial charge >= 0.3 is 0 Å². The van der Waals surface area contributed by atoms with Crippen molar-refractivity contribution < 1.29 is 4.79 Å². The molecule has 0 fully saturated rings. The lowest BCUT2D eigenvalue weighted by molar-refractivity contribution is -0.115. The fourth-order valence-electron chi connectivity index (χ4n) is 1.43. The standard InChI is InChI=1S/C12H13N3OS/c1-2-5-13-7-12(16)15-9-3-4-10-11(6-9)17-8-14-10/h2-4,6,8,13H,1,5,7H2,(H,15,16). The predicted octanol–water partition coefficient (Wildman–Crippen LogP) is 2.01. The maximum Gasteiger partial charge on any atom is 0.238 e. The van der Waals surface area contributed by atoms with Crippen molar-refractivity contribution in [1.82, 2.24) is 10.3 Å². The molecular formula is C12H13N3OS. The normalized spacial score (nSPS) is 10.4. The highest BCUT2D eigenvalue weighted by Crippen LogP contribution is 2.21. The molecule has 5 heteroatoms.